The van der Waals surface area contributed by atoms with E-state index in [1.165, 1.54) is 12.1 Å². The summed E-state index contributed by atoms with van der Waals surface area (Å²) in [6, 6.07) is 4.67. The lowest BCUT2D eigenvalue weighted by molar-refractivity contribution is -0.385. The van der Waals surface area contributed by atoms with E-state index >= 15 is 0 Å². The number of aryl methyl sites for hydroxylation is 1. The minimum Gasteiger partial charge on any atom is -0.388 e. The van der Waals surface area contributed by atoms with Gasteiger partial charge in [-0.25, -0.2) is 0 Å². The fraction of sp³-hybridized carbons (Fsp3) is 0.400. The van der Waals surface area contributed by atoms with E-state index in [0.29, 0.717) is 12.0 Å². The highest BCUT2D eigenvalue weighted by Crippen LogP contribution is 2.33. The number of hydrogen-bond acceptors (Lipinski definition) is 4. The molecule has 0 radical (unpaired) electrons. The molecule has 0 bridgehead atoms. The lowest BCUT2D eigenvalue weighted by Gasteiger charge is -2.02. The number of benzene rings is 1. The predicted molar refractivity (Wildman–Crippen MR) is 61.3 cm³/mol. The molecule has 4 nitrogen and oxygen atoms in total. The molecule has 0 spiro atoms. The standard InChI is InChI=1S/C9H9NO3.CH4S/c11-9-4-2-6-1-3-7(10(12)13)5-8(6)9;1-2/h1,3,5,9,11H,2,4H2;2H,1H3. The van der Waals surface area contributed by atoms with Gasteiger partial charge in [0.05, 0.1) is 11.0 Å². The number of aliphatic hydroxyl groups excluding tert-OH is 1. The Labute approximate surface area is 93.5 Å². The van der Waals surface area contributed by atoms with Crippen LogP contribution in [0.1, 0.15) is 23.7 Å². The minimum absolute atomic E-state index is 0.0553. The first-order chi connectivity index (χ1) is 7.18. The average molecular weight is 227 g/mol. The molecule has 1 aliphatic carbocycles. The van der Waals surface area contributed by atoms with E-state index in [1.54, 1.807) is 12.3 Å². The van der Waals surface area contributed by atoms with Gasteiger partial charge in [-0.1, -0.05) is 6.07 Å². The van der Waals surface area contributed by atoms with Gasteiger partial charge in [0.2, 0.25) is 0 Å². The van der Waals surface area contributed by atoms with Gasteiger partial charge in [0, 0.05) is 12.1 Å². The molecule has 0 amide bonds. The Morgan fingerprint density at radius 3 is 2.80 bits per heavy atom. The van der Waals surface area contributed by atoms with Crippen LogP contribution in [0, 0.1) is 10.1 Å². The van der Waals surface area contributed by atoms with Crippen molar-refractivity contribution in [2.75, 3.05) is 6.26 Å². The van der Waals surface area contributed by atoms with Crippen LogP contribution in [0.3, 0.4) is 0 Å². The molecule has 5 heteroatoms. The van der Waals surface area contributed by atoms with Crippen molar-refractivity contribution in [1.82, 2.24) is 0 Å². The molecule has 1 unspecified atom stereocenters. The molecular formula is C10H13NO3S. The van der Waals surface area contributed by atoms with Gasteiger partial charge < -0.3 is 5.11 Å². The molecule has 82 valence electrons. The molecule has 1 aliphatic rings. The summed E-state index contributed by atoms with van der Waals surface area (Å²) in [4.78, 5) is 9.99. The van der Waals surface area contributed by atoms with Crippen LogP contribution in [0.4, 0.5) is 5.69 Å². The number of rotatable bonds is 1. The van der Waals surface area contributed by atoms with Crippen LogP contribution < -0.4 is 0 Å². The predicted octanol–water partition coefficient (Wildman–Crippen LogP) is 2.12. The second-order valence-corrected chi connectivity index (χ2v) is 3.19. The van der Waals surface area contributed by atoms with Crippen LogP contribution in [-0.4, -0.2) is 16.3 Å². The van der Waals surface area contributed by atoms with Crippen LogP contribution in [0.15, 0.2) is 18.2 Å². The van der Waals surface area contributed by atoms with E-state index in [2.05, 4.69) is 12.6 Å². The van der Waals surface area contributed by atoms with Crippen molar-refractivity contribution in [2.24, 2.45) is 0 Å². The maximum Gasteiger partial charge on any atom is 0.269 e. The maximum atomic E-state index is 10.4. The summed E-state index contributed by atoms with van der Waals surface area (Å²) in [6.07, 6.45) is 2.67. The van der Waals surface area contributed by atoms with Crippen molar-refractivity contribution in [3.63, 3.8) is 0 Å². The topological polar surface area (TPSA) is 63.4 Å². The van der Waals surface area contributed by atoms with Crippen molar-refractivity contribution in [2.45, 2.75) is 18.9 Å². The fourth-order valence-corrected chi connectivity index (χ4v) is 1.68. The smallest absolute Gasteiger partial charge is 0.269 e. The minimum atomic E-state index is -0.519. The molecule has 1 atom stereocenters. The highest BCUT2D eigenvalue weighted by Gasteiger charge is 2.22. The number of non-ortho nitro benzene ring substituents is 1. The zero-order valence-electron chi connectivity index (χ0n) is 8.38. The second kappa shape index (κ2) is 5.14. The average Bonchev–Trinajstić information content (AvgIpc) is 2.63. The summed E-state index contributed by atoms with van der Waals surface area (Å²) in [5.74, 6) is 0. The first kappa shape index (κ1) is 12.0. The van der Waals surface area contributed by atoms with Crippen molar-refractivity contribution in [3.05, 3.63) is 39.4 Å². The van der Waals surface area contributed by atoms with Crippen LogP contribution in [0.25, 0.3) is 0 Å². The molecule has 1 aromatic carbocycles. The number of fused-ring (bicyclic) bond motifs is 1. The highest BCUT2D eigenvalue weighted by atomic mass is 32.1. The van der Waals surface area contributed by atoms with Gasteiger partial charge in [0.15, 0.2) is 0 Å². The Bertz CT molecular complexity index is 368. The molecule has 0 saturated heterocycles. The van der Waals surface area contributed by atoms with Gasteiger partial charge >= 0.3 is 0 Å². The number of hydrogen-bond donors (Lipinski definition) is 2. The molecule has 15 heavy (non-hydrogen) atoms. The van der Waals surface area contributed by atoms with Crippen LogP contribution in [-0.2, 0) is 6.42 Å². The van der Waals surface area contributed by atoms with Crippen molar-refractivity contribution < 1.29 is 10.0 Å². The summed E-state index contributed by atoms with van der Waals surface area (Å²) in [5, 5.41) is 19.9. The zero-order chi connectivity index (χ0) is 11.4. The van der Waals surface area contributed by atoms with Crippen molar-refractivity contribution in [3.8, 4) is 0 Å². The molecule has 0 heterocycles. The lowest BCUT2D eigenvalue weighted by atomic mass is 10.1. The summed E-state index contributed by atoms with van der Waals surface area (Å²) in [6.45, 7) is 0. The lowest BCUT2D eigenvalue weighted by Crippen LogP contribution is -1.93. The largest absolute Gasteiger partial charge is 0.388 e. The van der Waals surface area contributed by atoms with Crippen LogP contribution >= 0.6 is 12.6 Å². The van der Waals surface area contributed by atoms with E-state index in [-0.39, 0.29) is 5.69 Å². The molecule has 1 aromatic rings. The van der Waals surface area contributed by atoms with Gasteiger partial charge in [0.1, 0.15) is 0 Å². The van der Waals surface area contributed by atoms with E-state index in [4.69, 9.17) is 0 Å². The number of nitro benzene ring substituents is 1. The van der Waals surface area contributed by atoms with Crippen LogP contribution in [0.5, 0.6) is 0 Å². The number of aliphatic hydroxyl groups is 1. The third-order valence-corrected chi connectivity index (χ3v) is 2.39. The second-order valence-electron chi connectivity index (χ2n) is 3.19. The molecule has 0 fully saturated rings. The van der Waals surface area contributed by atoms with Gasteiger partial charge in [-0.15, -0.1) is 0 Å². The number of nitrogens with zero attached hydrogens (tertiary/aromatic N) is 1. The number of nitro groups is 1. The molecule has 0 aromatic heterocycles. The molecule has 0 aliphatic heterocycles. The first-order valence-corrected chi connectivity index (χ1v) is 5.48. The Morgan fingerprint density at radius 1 is 1.53 bits per heavy atom. The number of thiol groups is 1. The summed E-state index contributed by atoms with van der Waals surface area (Å²) in [7, 11) is 0. The molecule has 0 saturated carbocycles. The van der Waals surface area contributed by atoms with Crippen LogP contribution in [0.2, 0.25) is 0 Å². The van der Waals surface area contributed by atoms with Gasteiger partial charge in [-0.05, 0) is 30.2 Å². The van der Waals surface area contributed by atoms with Crippen molar-refractivity contribution >= 4 is 18.3 Å². The maximum absolute atomic E-state index is 10.4. The SMILES string of the molecule is CS.O=[N+]([O-])c1ccc2c(c1)C(O)CC2. The Balaban J connectivity index is 0.000000531. The zero-order valence-corrected chi connectivity index (χ0v) is 9.28. The molecule has 1 N–H and O–H groups in total. The van der Waals surface area contributed by atoms with E-state index in [0.717, 1.165) is 12.0 Å². The normalized spacial score (nSPS) is 17.7. The van der Waals surface area contributed by atoms with Crippen molar-refractivity contribution in [1.29, 1.82) is 0 Å². The van der Waals surface area contributed by atoms with E-state index in [9.17, 15) is 15.2 Å². The monoisotopic (exact) mass is 227 g/mol. The quantitative estimate of drug-likeness (QED) is 0.439. The van der Waals surface area contributed by atoms with Gasteiger partial charge in [-0.3, -0.25) is 10.1 Å². The Morgan fingerprint density at radius 2 is 2.20 bits per heavy atom. The fourth-order valence-electron chi connectivity index (χ4n) is 1.68. The summed E-state index contributed by atoms with van der Waals surface area (Å²) >= 11 is 3.53. The highest BCUT2D eigenvalue weighted by molar-refractivity contribution is 7.79. The summed E-state index contributed by atoms with van der Waals surface area (Å²) < 4.78 is 0. The third-order valence-electron chi connectivity index (χ3n) is 2.39. The molecule has 2 rings (SSSR count). The Hall–Kier alpha value is -1.07. The first-order valence-electron chi connectivity index (χ1n) is 4.58. The van der Waals surface area contributed by atoms with Gasteiger partial charge in [-0.2, -0.15) is 12.6 Å². The summed E-state index contributed by atoms with van der Waals surface area (Å²) in [5.41, 5.74) is 1.80. The third kappa shape index (κ3) is 2.49. The molecular weight excluding hydrogens is 214 g/mol. The van der Waals surface area contributed by atoms with E-state index < -0.39 is 11.0 Å². The van der Waals surface area contributed by atoms with E-state index in [1.807, 2.05) is 0 Å². The Kier molecular flexibility index (Phi) is 4.11. The van der Waals surface area contributed by atoms with Gasteiger partial charge in [0.25, 0.3) is 5.69 Å².